The van der Waals surface area contributed by atoms with Crippen molar-refractivity contribution in [3.8, 4) is 6.07 Å². The summed E-state index contributed by atoms with van der Waals surface area (Å²) in [6.45, 7) is 0.823. The summed E-state index contributed by atoms with van der Waals surface area (Å²) in [5, 5.41) is 19.0. The second-order valence-corrected chi connectivity index (χ2v) is 6.64. The van der Waals surface area contributed by atoms with Crippen molar-refractivity contribution in [3.05, 3.63) is 0 Å². The molecule has 0 aromatic heterocycles. The first-order chi connectivity index (χ1) is 9.54. The number of carbonyl (C=O) groups excluding carboxylic acids is 1. The molecule has 2 aliphatic carbocycles. The van der Waals surface area contributed by atoms with Crippen LogP contribution in [-0.4, -0.2) is 35.0 Å². The third-order valence-electron chi connectivity index (χ3n) is 5.66. The van der Waals surface area contributed by atoms with Crippen LogP contribution in [-0.2, 0) is 9.59 Å². The highest BCUT2D eigenvalue weighted by atomic mass is 16.4. The molecule has 0 spiro atoms. The van der Waals surface area contributed by atoms with Gasteiger partial charge in [-0.05, 0) is 31.6 Å². The maximum absolute atomic E-state index is 12.7. The number of fused-ring (bicyclic) bond motifs is 1. The van der Waals surface area contributed by atoms with Gasteiger partial charge in [0.25, 0.3) is 0 Å². The molecule has 5 nitrogen and oxygen atoms in total. The van der Waals surface area contributed by atoms with Gasteiger partial charge in [-0.3, -0.25) is 9.59 Å². The lowest BCUT2D eigenvalue weighted by Crippen LogP contribution is -2.43. The van der Waals surface area contributed by atoms with E-state index in [1.165, 1.54) is 0 Å². The Labute approximate surface area is 118 Å². The first-order valence-corrected chi connectivity index (χ1v) is 7.48. The molecule has 3 fully saturated rings. The van der Waals surface area contributed by atoms with Crippen molar-refractivity contribution < 1.29 is 14.7 Å². The second kappa shape index (κ2) is 4.47. The molecule has 3 aliphatic rings. The molecular formula is C15H20N2O3. The van der Waals surface area contributed by atoms with Crippen LogP contribution >= 0.6 is 0 Å². The van der Waals surface area contributed by atoms with E-state index in [4.69, 9.17) is 0 Å². The van der Waals surface area contributed by atoms with Gasteiger partial charge in [-0.15, -0.1) is 0 Å². The molecule has 0 aromatic rings. The van der Waals surface area contributed by atoms with Crippen LogP contribution < -0.4 is 0 Å². The summed E-state index contributed by atoms with van der Waals surface area (Å²) in [6.07, 6.45) is 5.57. The Morgan fingerprint density at radius 1 is 1.20 bits per heavy atom. The van der Waals surface area contributed by atoms with Crippen molar-refractivity contribution >= 4 is 11.9 Å². The first-order valence-electron chi connectivity index (χ1n) is 7.48. The average Bonchev–Trinajstić information content (AvgIpc) is 3.11. The zero-order valence-electron chi connectivity index (χ0n) is 11.6. The third-order valence-corrected chi connectivity index (χ3v) is 5.66. The minimum atomic E-state index is -0.877. The normalized spacial score (nSPS) is 34.8. The Morgan fingerprint density at radius 2 is 1.90 bits per heavy atom. The van der Waals surface area contributed by atoms with E-state index < -0.39 is 16.8 Å². The standard InChI is InChI=1S/C15H20N2O3/c16-9-14(5-1-2-6-14)12(18)17-8-11-4-3-7-15(11,10-17)13(19)20/h11H,1-8,10H2,(H,19,20)/t11-,15+/m0/s1. The number of aliphatic carboxylic acids is 1. The maximum atomic E-state index is 12.7. The molecule has 0 unspecified atom stereocenters. The van der Waals surface area contributed by atoms with E-state index in [2.05, 4.69) is 6.07 Å². The van der Waals surface area contributed by atoms with Crippen molar-refractivity contribution in [2.75, 3.05) is 13.1 Å². The molecule has 2 saturated carbocycles. The average molecular weight is 276 g/mol. The lowest BCUT2D eigenvalue weighted by atomic mass is 9.81. The molecule has 5 heteroatoms. The first kappa shape index (κ1) is 13.4. The number of carboxylic acid groups (broad SMARTS) is 1. The minimum Gasteiger partial charge on any atom is -0.481 e. The number of nitriles is 1. The van der Waals surface area contributed by atoms with Crippen LogP contribution in [0, 0.1) is 28.1 Å². The molecule has 1 aliphatic heterocycles. The lowest BCUT2D eigenvalue weighted by Gasteiger charge is -2.28. The van der Waals surface area contributed by atoms with Crippen LogP contribution in [0.1, 0.15) is 44.9 Å². The second-order valence-electron chi connectivity index (χ2n) is 6.64. The van der Waals surface area contributed by atoms with Crippen molar-refractivity contribution in [2.24, 2.45) is 16.7 Å². The topological polar surface area (TPSA) is 81.4 Å². The van der Waals surface area contributed by atoms with Crippen molar-refractivity contribution in [2.45, 2.75) is 44.9 Å². The number of hydrogen-bond donors (Lipinski definition) is 1. The van der Waals surface area contributed by atoms with Gasteiger partial charge in [0.05, 0.1) is 11.5 Å². The fraction of sp³-hybridized carbons (Fsp3) is 0.800. The van der Waals surface area contributed by atoms with Crippen molar-refractivity contribution in [1.82, 2.24) is 4.90 Å². The molecule has 3 rings (SSSR count). The zero-order valence-corrected chi connectivity index (χ0v) is 11.6. The van der Waals surface area contributed by atoms with Gasteiger partial charge in [-0.1, -0.05) is 19.3 Å². The summed E-state index contributed by atoms with van der Waals surface area (Å²) in [5.74, 6) is -0.818. The Kier molecular flexibility index (Phi) is 3.00. The van der Waals surface area contributed by atoms with Crippen LogP contribution in [0.3, 0.4) is 0 Å². The molecule has 1 saturated heterocycles. The fourth-order valence-electron chi connectivity index (χ4n) is 4.45. The summed E-state index contributed by atoms with van der Waals surface area (Å²) in [7, 11) is 0. The van der Waals surface area contributed by atoms with E-state index in [1.54, 1.807) is 4.90 Å². The Morgan fingerprint density at radius 3 is 2.45 bits per heavy atom. The van der Waals surface area contributed by atoms with Gasteiger partial charge in [0.15, 0.2) is 0 Å². The summed E-state index contributed by atoms with van der Waals surface area (Å²) in [6, 6.07) is 2.22. The van der Waals surface area contributed by atoms with Crippen LogP contribution in [0.4, 0.5) is 0 Å². The molecule has 0 bridgehead atoms. The number of amides is 1. The summed E-state index contributed by atoms with van der Waals surface area (Å²) in [5.41, 5.74) is -1.62. The summed E-state index contributed by atoms with van der Waals surface area (Å²) < 4.78 is 0. The van der Waals surface area contributed by atoms with Gasteiger partial charge in [0, 0.05) is 13.1 Å². The molecule has 1 heterocycles. The Bertz CT molecular complexity index is 490. The molecule has 0 radical (unpaired) electrons. The molecule has 1 N–H and O–H groups in total. The van der Waals surface area contributed by atoms with E-state index in [9.17, 15) is 20.0 Å². The predicted octanol–water partition coefficient (Wildman–Crippen LogP) is 1.78. The van der Waals surface area contributed by atoms with Crippen LogP contribution in [0.15, 0.2) is 0 Å². The molecule has 2 atom stereocenters. The van der Waals surface area contributed by atoms with Crippen LogP contribution in [0.2, 0.25) is 0 Å². The molecule has 0 aromatic carbocycles. The van der Waals surface area contributed by atoms with Gasteiger partial charge in [0.1, 0.15) is 5.41 Å². The maximum Gasteiger partial charge on any atom is 0.311 e. The quantitative estimate of drug-likeness (QED) is 0.833. The molecule has 20 heavy (non-hydrogen) atoms. The van der Waals surface area contributed by atoms with Gasteiger partial charge in [-0.2, -0.15) is 5.26 Å². The number of carboxylic acids is 1. The molecule has 1 amide bonds. The number of likely N-dealkylation sites (tertiary alicyclic amines) is 1. The zero-order chi connectivity index (χ0) is 14.4. The van der Waals surface area contributed by atoms with Gasteiger partial charge >= 0.3 is 5.97 Å². The van der Waals surface area contributed by atoms with Gasteiger partial charge in [0.2, 0.25) is 5.91 Å². The minimum absolute atomic E-state index is 0.0705. The number of nitrogens with zero attached hydrogens (tertiary/aromatic N) is 2. The molecular weight excluding hydrogens is 256 g/mol. The third kappa shape index (κ3) is 1.67. The van der Waals surface area contributed by atoms with Crippen molar-refractivity contribution in [3.63, 3.8) is 0 Å². The Hall–Kier alpha value is -1.57. The highest BCUT2D eigenvalue weighted by Gasteiger charge is 2.58. The van der Waals surface area contributed by atoms with E-state index >= 15 is 0 Å². The van der Waals surface area contributed by atoms with Crippen molar-refractivity contribution in [1.29, 1.82) is 5.26 Å². The largest absolute Gasteiger partial charge is 0.481 e. The highest BCUT2D eigenvalue weighted by Crippen LogP contribution is 2.50. The lowest BCUT2D eigenvalue weighted by molar-refractivity contribution is -0.150. The monoisotopic (exact) mass is 276 g/mol. The fourth-order valence-corrected chi connectivity index (χ4v) is 4.45. The highest BCUT2D eigenvalue weighted by molar-refractivity contribution is 5.87. The van der Waals surface area contributed by atoms with Crippen LogP contribution in [0.5, 0.6) is 0 Å². The van der Waals surface area contributed by atoms with Crippen LogP contribution in [0.25, 0.3) is 0 Å². The number of carbonyl (C=O) groups is 2. The summed E-state index contributed by atoms with van der Waals surface area (Å²) in [4.78, 5) is 26.0. The van der Waals surface area contributed by atoms with E-state index in [-0.39, 0.29) is 11.8 Å². The predicted molar refractivity (Wildman–Crippen MR) is 70.5 cm³/mol. The smallest absolute Gasteiger partial charge is 0.311 e. The van der Waals surface area contributed by atoms with Gasteiger partial charge < -0.3 is 10.0 Å². The number of rotatable bonds is 2. The Balaban J connectivity index is 1.82. The van der Waals surface area contributed by atoms with E-state index in [1.807, 2.05) is 0 Å². The van der Waals surface area contributed by atoms with E-state index in [0.29, 0.717) is 32.4 Å². The van der Waals surface area contributed by atoms with E-state index in [0.717, 1.165) is 25.7 Å². The molecule has 108 valence electrons. The SMILES string of the molecule is N#CC1(C(=O)N2C[C@@H]3CCC[C@@]3(C(=O)O)C2)CCCC1. The van der Waals surface area contributed by atoms with Gasteiger partial charge in [-0.25, -0.2) is 0 Å². The number of hydrogen-bond acceptors (Lipinski definition) is 3. The summed E-state index contributed by atoms with van der Waals surface area (Å²) >= 11 is 0.